The van der Waals surface area contributed by atoms with Crippen LogP contribution in [0.25, 0.3) is 10.8 Å². The van der Waals surface area contributed by atoms with Crippen LogP contribution >= 0.6 is 0 Å². The molecule has 0 aliphatic rings. The molecule has 0 unspecified atom stereocenters. The van der Waals surface area contributed by atoms with Crippen LogP contribution in [0.1, 0.15) is 44.5 Å². The Morgan fingerprint density at radius 1 is 1.10 bits per heavy atom. The zero-order chi connectivity index (χ0) is 15.5. The van der Waals surface area contributed by atoms with E-state index in [0.29, 0.717) is 17.9 Å². The molecule has 0 spiro atoms. The van der Waals surface area contributed by atoms with Gasteiger partial charge >= 0.3 is 5.97 Å². The summed E-state index contributed by atoms with van der Waals surface area (Å²) in [5, 5.41) is 2.05. The molecule has 21 heavy (non-hydrogen) atoms. The van der Waals surface area contributed by atoms with Gasteiger partial charge in [-0.25, -0.2) is 4.79 Å². The Labute approximate surface area is 125 Å². The average Bonchev–Trinajstić information content (AvgIpc) is 2.42. The van der Waals surface area contributed by atoms with Gasteiger partial charge in [-0.2, -0.15) is 0 Å². The van der Waals surface area contributed by atoms with Crippen LogP contribution in [0.4, 0.5) is 0 Å². The van der Waals surface area contributed by atoms with E-state index in [9.17, 15) is 4.79 Å². The van der Waals surface area contributed by atoms with Gasteiger partial charge in [0.15, 0.2) is 0 Å². The summed E-state index contributed by atoms with van der Waals surface area (Å²) in [6.07, 6.45) is 0.889. The second-order valence-corrected chi connectivity index (χ2v) is 6.05. The predicted molar refractivity (Wildman–Crippen MR) is 84.9 cm³/mol. The van der Waals surface area contributed by atoms with Gasteiger partial charge < -0.3 is 9.47 Å². The molecule has 2 aromatic rings. The number of rotatable bonds is 4. The van der Waals surface area contributed by atoms with Gasteiger partial charge in [-0.3, -0.25) is 0 Å². The molecular formula is C18H22O3. The first kappa shape index (κ1) is 15.4. The molecule has 0 fully saturated rings. The standard InChI is InChI=1S/C18H22O3/c1-5-10-20-16-12-14-9-7-6-8-13(14)11-15(16)17(19)21-18(2,3)4/h6-9,11-12H,5,10H2,1-4H3. The Bertz CT molecular complexity index is 638. The van der Waals surface area contributed by atoms with Crippen LogP contribution in [0.3, 0.4) is 0 Å². The summed E-state index contributed by atoms with van der Waals surface area (Å²) in [6.45, 7) is 8.19. The van der Waals surface area contributed by atoms with Gasteiger partial charge in [-0.05, 0) is 50.1 Å². The second kappa shape index (κ2) is 6.17. The molecule has 0 N–H and O–H groups in total. The van der Waals surface area contributed by atoms with Crippen molar-refractivity contribution in [2.75, 3.05) is 6.61 Å². The summed E-state index contributed by atoms with van der Waals surface area (Å²) in [7, 11) is 0. The number of fused-ring (bicyclic) bond motifs is 1. The number of benzene rings is 2. The SMILES string of the molecule is CCCOc1cc2ccccc2cc1C(=O)OC(C)(C)C. The minimum Gasteiger partial charge on any atom is -0.493 e. The number of hydrogen-bond donors (Lipinski definition) is 0. The van der Waals surface area contributed by atoms with E-state index < -0.39 is 5.60 Å². The van der Waals surface area contributed by atoms with E-state index in [-0.39, 0.29) is 5.97 Å². The number of ether oxygens (including phenoxy) is 2. The molecule has 0 saturated carbocycles. The monoisotopic (exact) mass is 286 g/mol. The molecule has 0 amide bonds. The molecule has 0 aromatic heterocycles. The molecule has 0 bridgehead atoms. The third-order valence-corrected chi connectivity index (χ3v) is 2.93. The van der Waals surface area contributed by atoms with Crippen molar-refractivity contribution in [3.05, 3.63) is 42.0 Å². The van der Waals surface area contributed by atoms with E-state index in [0.717, 1.165) is 17.2 Å². The van der Waals surface area contributed by atoms with Gasteiger partial charge in [-0.1, -0.05) is 31.2 Å². The largest absolute Gasteiger partial charge is 0.493 e. The summed E-state index contributed by atoms with van der Waals surface area (Å²) in [6, 6.07) is 11.7. The minimum absolute atomic E-state index is 0.348. The molecule has 3 nitrogen and oxygen atoms in total. The van der Waals surface area contributed by atoms with E-state index in [1.807, 2.05) is 64.1 Å². The van der Waals surface area contributed by atoms with Crippen molar-refractivity contribution in [2.45, 2.75) is 39.7 Å². The number of carbonyl (C=O) groups excluding carboxylic acids is 1. The molecule has 0 heterocycles. The normalized spacial score (nSPS) is 11.4. The van der Waals surface area contributed by atoms with Crippen molar-refractivity contribution < 1.29 is 14.3 Å². The van der Waals surface area contributed by atoms with Gasteiger partial charge in [0.05, 0.1) is 6.61 Å². The lowest BCUT2D eigenvalue weighted by molar-refractivity contribution is 0.00660. The molecule has 2 rings (SSSR count). The first-order valence-electron chi connectivity index (χ1n) is 7.29. The van der Waals surface area contributed by atoms with Gasteiger partial charge in [0, 0.05) is 0 Å². The maximum absolute atomic E-state index is 12.4. The highest BCUT2D eigenvalue weighted by atomic mass is 16.6. The lowest BCUT2D eigenvalue weighted by Crippen LogP contribution is -2.24. The maximum atomic E-state index is 12.4. The summed E-state index contributed by atoms with van der Waals surface area (Å²) in [5.74, 6) is 0.240. The average molecular weight is 286 g/mol. The molecule has 0 aliphatic heterocycles. The topological polar surface area (TPSA) is 35.5 Å². The molecule has 0 saturated heterocycles. The van der Waals surface area contributed by atoms with Crippen LogP contribution in [-0.2, 0) is 4.74 Å². The second-order valence-electron chi connectivity index (χ2n) is 6.05. The fourth-order valence-electron chi connectivity index (χ4n) is 2.04. The van der Waals surface area contributed by atoms with Crippen molar-refractivity contribution in [2.24, 2.45) is 0 Å². The lowest BCUT2D eigenvalue weighted by atomic mass is 10.1. The van der Waals surface area contributed by atoms with E-state index in [1.165, 1.54) is 0 Å². The molecule has 3 heteroatoms. The smallest absolute Gasteiger partial charge is 0.342 e. The Hall–Kier alpha value is -2.03. The molecular weight excluding hydrogens is 264 g/mol. The number of carbonyl (C=O) groups is 1. The first-order valence-corrected chi connectivity index (χ1v) is 7.29. The first-order chi connectivity index (χ1) is 9.90. The number of esters is 1. The highest BCUT2D eigenvalue weighted by Gasteiger charge is 2.21. The third-order valence-electron chi connectivity index (χ3n) is 2.93. The number of hydrogen-bond acceptors (Lipinski definition) is 3. The van der Waals surface area contributed by atoms with E-state index in [4.69, 9.17) is 9.47 Å². The van der Waals surface area contributed by atoms with Crippen molar-refractivity contribution in [3.8, 4) is 5.75 Å². The summed E-state index contributed by atoms with van der Waals surface area (Å²) in [5.41, 5.74) is -0.0397. The summed E-state index contributed by atoms with van der Waals surface area (Å²) < 4.78 is 11.2. The van der Waals surface area contributed by atoms with E-state index >= 15 is 0 Å². The van der Waals surface area contributed by atoms with Crippen LogP contribution in [0.5, 0.6) is 5.75 Å². The van der Waals surface area contributed by atoms with E-state index in [2.05, 4.69) is 0 Å². The van der Waals surface area contributed by atoms with Crippen LogP contribution in [0.15, 0.2) is 36.4 Å². The van der Waals surface area contributed by atoms with Gasteiger partial charge in [0.25, 0.3) is 0 Å². The molecule has 2 aromatic carbocycles. The van der Waals surface area contributed by atoms with Gasteiger partial charge in [-0.15, -0.1) is 0 Å². The minimum atomic E-state index is -0.523. The van der Waals surface area contributed by atoms with Crippen LogP contribution in [0, 0.1) is 0 Å². The van der Waals surface area contributed by atoms with Crippen LogP contribution in [-0.4, -0.2) is 18.2 Å². The fourth-order valence-corrected chi connectivity index (χ4v) is 2.04. The lowest BCUT2D eigenvalue weighted by Gasteiger charge is -2.21. The van der Waals surface area contributed by atoms with Gasteiger partial charge in [0.1, 0.15) is 16.9 Å². The third kappa shape index (κ3) is 3.97. The quantitative estimate of drug-likeness (QED) is 0.771. The van der Waals surface area contributed by atoms with Crippen molar-refractivity contribution in [1.29, 1.82) is 0 Å². The van der Waals surface area contributed by atoms with Crippen molar-refractivity contribution in [1.82, 2.24) is 0 Å². The highest BCUT2D eigenvalue weighted by molar-refractivity contribution is 5.98. The highest BCUT2D eigenvalue weighted by Crippen LogP contribution is 2.28. The Balaban J connectivity index is 2.45. The molecule has 112 valence electrons. The van der Waals surface area contributed by atoms with Gasteiger partial charge in [0.2, 0.25) is 0 Å². The fraction of sp³-hybridized carbons (Fsp3) is 0.389. The summed E-state index contributed by atoms with van der Waals surface area (Å²) >= 11 is 0. The zero-order valence-corrected chi connectivity index (χ0v) is 13.1. The van der Waals surface area contributed by atoms with Crippen LogP contribution < -0.4 is 4.74 Å². The van der Waals surface area contributed by atoms with E-state index in [1.54, 1.807) is 0 Å². The Morgan fingerprint density at radius 2 is 1.71 bits per heavy atom. The van der Waals surface area contributed by atoms with Crippen molar-refractivity contribution in [3.63, 3.8) is 0 Å². The van der Waals surface area contributed by atoms with Crippen LogP contribution in [0.2, 0.25) is 0 Å². The molecule has 0 aliphatic carbocycles. The summed E-state index contributed by atoms with van der Waals surface area (Å²) in [4.78, 5) is 12.4. The maximum Gasteiger partial charge on any atom is 0.342 e. The Morgan fingerprint density at radius 3 is 2.29 bits per heavy atom. The molecule has 0 atom stereocenters. The molecule has 0 radical (unpaired) electrons. The zero-order valence-electron chi connectivity index (χ0n) is 13.1. The predicted octanol–water partition coefficient (Wildman–Crippen LogP) is 4.58. The van der Waals surface area contributed by atoms with Crippen molar-refractivity contribution >= 4 is 16.7 Å². The Kier molecular flexibility index (Phi) is 4.51.